The summed E-state index contributed by atoms with van der Waals surface area (Å²) in [7, 11) is 0. The number of nitrogens with one attached hydrogen (secondary N) is 1. The molecule has 0 fully saturated rings. The summed E-state index contributed by atoms with van der Waals surface area (Å²) in [6, 6.07) is 1.92. The highest BCUT2D eigenvalue weighted by atomic mass is 79.9. The quantitative estimate of drug-likeness (QED) is 0.496. The molecule has 0 saturated heterocycles. The van der Waals surface area contributed by atoms with Gasteiger partial charge in [0.1, 0.15) is 0 Å². The van der Waals surface area contributed by atoms with Crippen LogP contribution in [0.2, 0.25) is 5.02 Å². The summed E-state index contributed by atoms with van der Waals surface area (Å²) in [5.41, 5.74) is 4.90. The van der Waals surface area contributed by atoms with Gasteiger partial charge in [0.2, 0.25) is 0 Å². The molecule has 0 bridgehead atoms. The largest absolute Gasteiger partial charge is 0.351 e. The standard InChI is InChI=1S/C19H23BrClN5OS/c1-11-17(20)13(3)25(23-11)7-5-6-22-19(27)16-8-15(10-28-16)9-26-14(4)18(21)12(2)24-26/h8,10H,5-7,9H2,1-4H3,(H,22,27). The van der Waals surface area contributed by atoms with E-state index in [4.69, 9.17) is 11.6 Å². The fourth-order valence-electron chi connectivity index (χ4n) is 2.99. The molecular formula is C19H23BrClN5OS. The summed E-state index contributed by atoms with van der Waals surface area (Å²) in [5.74, 6) is -0.0443. The number of halogens is 2. The van der Waals surface area contributed by atoms with Gasteiger partial charge in [-0.1, -0.05) is 11.6 Å². The fraction of sp³-hybridized carbons (Fsp3) is 0.421. The molecule has 0 aliphatic heterocycles. The topological polar surface area (TPSA) is 64.7 Å². The van der Waals surface area contributed by atoms with Crippen molar-refractivity contribution in [2.24, 2.45) is 0 Å². The minimum atomic E-state index is -0.0443. The third-order valence-electron chi connectivity index (χ3n) is 4.63. The van der Waals surface area contributed by atoms with Crippen LogP contribution in [0.4, 0.5) is 0 Å². The first-order chi connectivity index (χ1) is 13.3. The first kappa shape index (κ1) is 21.1. The van der Waals surface area contributed by atoms with Gasteiger partial charge in [-0.25, -0.2) is 0 Å². The summed E-state index contributed by atoms with van der Waals surface area (Å²) >= 11 is 11.2. The zero-order valence-electron chi connectivity index (χ0n) is 16.3. The lowest BCUT2D eigenvalue weighted by molar-refractivity contribution is 0.0956. The molecule has 3 rings (SSSR count). The highest BCUT2D eigenvalue weighted by Crippen LogP contribution is 2.22. The molecule has 0 atom stereocenters. The summed E-state index contributed by atoms with van der Waals surface area (Å²) in [4.78, 5) is 13.1. The molecule has 28 heavy (non-hydrogen) atoms. The lowest BCUT2D eigenvalue weighted by Gasteiger charge is -2.06. The van der Waals surface area contributed by atoms with Crippen molar-refractivity contribution in [1.82, 2.24) is 24.9 Å². The third kappa shape index (κ3) is 4.50. The number of aryl methyl sites for hydroxylation is 3. The van der Waals surface area contributed by atoms with Crippen LogP contribution < -0.4 is 5.32 Å². The van der Waals surface area contributed by atoms with E-state index in [0.717, 1.165) is 45.8 Å². The predicted octanol–water partition coefficient (Wildman–Crippen LogP) is 4.66. The van der Waals surface area contributed by atoms with Crippen molar-refractivity contribution in [3.05, 3.63) is 54.2 Å². The van der Waals surface area contributed by atoms with Crippen LogP contribution in [0.3, 0.4) is 0 Å². The van der Waals surface area contributed by atoms with Gasteiger partial charge < -0.3 is 5.32 Å². The fourth-order valence-corrected chi connectivity index (χ4v) is 4.23. The Bertz CT molecular complexity index is 1010. The Labute approximate surface area is 182 Å². The Morgan fingerprint density at radius 2 is 1.89 bits per heavy atom. The zero-order chi connectivity index (χ0) is 20.4. The maximum atomic E-state index is 12.4. The second-order valence-corrected chi connectivity index (χ2v) is 8.86. The van der Waals surface area contributed by atoms with E-state index >= 15 is 0 Å². The van der Waals surface area contributed by atoms with Crippen molar-refractivity contribution in [2.75, 3.05) is 6.54 Å². The van der Waals surface area contributed by atoms with Crippen LogP contribution in [0.1, 0.15) is 44.4 Å². The van der Waals surface area contributed by atoms with Gasteiger partial charge in [-0.3, -0.25) is 14.2 Å². The highest BCUT2D eigenvalue weighted by molar-refractivity contribution is 9.10. The smallest absolute Gasteiger partial charge is 0.261 e. The second-order valence-electron chi connectivity index (χ2n) is 6.78. The summed E-state index contributed by atoms with van der Waals surface area (Å²) in [6.07, 6.45) is 0.822. The SMILES string of the molecule is Cc1nn(Cc2csc(C(=O)NCCCn3nc(C)c(Br)c3C)c2)c(C)c1Cl. The molecule has 3 heterocycles. The Morgan fingerprint density at radius 1 is 1.18 bits per heavy atom. The summed E-state index contributed by atoms with van der Waals surface area (Å²) in [5, 5.41) is 14.6. The predicted molar refractivity (Wildman–Crippen MR) is 116 cm³/mol. The van der Waals surface area contributed by atoms with Crippen LogP contribution in [0.25, 0.3) is 0 Å². The van der Waals surface area contributed by atoms with E-state index in [1.165, 1.54) is 11.3 Å². The van der Waals surface area contributed by atoms with Gasteiger partial charge in [0, 0.05) is 18.8 Å². The van der Waals surface area contributed by atoms with Crippen LogP contribution in [-0.2, 0) is 13.1 Å². The van der Waals surface area contributed by atoms with Crippen molar-refractivity contribution >= 4 is 44.8 Å². The number of rotatable bonds is 7. The van der Waals surface area contributed by atoms with Gasteiger partial charge in [0.25, 0.3) is 5.91 Å². The van der Waals surface area contributed by atoms with E-state index in [-0.39, 0.29) is 5.91 Å². The maximum absolute atomic E-state index is 12.4. The molecule has 0 spiro atoms. The number of hydrogen-bond acceptors (Lipinski definition) is 4. The molecule has 0 radical (unpaired) electrons. The Kier molecular flexibility index (Phi) is 6.62. The number of carbonyl (C=O) groups is 1. The molecule has 0 aliphatic rings. The average molecular weight is 485 g/mol. The minimum Gasteiger partial charge on any atom is -0.351 e. The maximum Gasteiger partial charge on any atom is 0.261 e. The number of amides is 1. The Hall–Kier alpha value is -1.64. The van der Waals surface area contributed by atoms with E-state index in [1.807, 2.05) is 48.5 Å². The molecular weight excluding hydrogens is 462 g/mol. The summed E-state index contributed by atoms with van der Waals surface area (Å²) < 4.78 is 4.88. The van der Waals surface area contributed by atoms with Gasteiger partial charge in [-0.15, -0.1) is 11.3 Å². The van der Waals surface area contributed by atoms with E-state index < -0.39 is 0 Å². The van der Waals surface area contributed by atoms with E-state index in [1.54, 1.807) is 0 Å². The van der Waals surface area contributed by atoms with Gasteiger partial charge >= 0.3 is 0 Å². The number of carbonyl (C=O) groups excluding carboxylic acids is 1. The minimum absolute atomic E-state index is 0.0443. The van der Waals surface area contributed by atoms with Crippen molar-refractivity contribution in [2.45, 2.75) is 47.2 Å². The normalized spacial score (nSPS) is 11.2. The molecule has 1 N–H and O–H groups in total. The Morgan fingerprint density at radius 3 is 2.50 bits per heavy atom. The zero-order valence-corrected chi connectivity index (χ0v) is 19.5. The monoisotopic (exact) mass is 483 g/mol. The molecule has 3 aromatic heterocycles. The summed E-state index contributed by atoms with van der Waals surface area (Å²) in [6.45, 7) is 9.83. The third-order valence-corrected chi connectivity index (χ3v) is 7.30. The molecule has 0 unspecified atom stereocenters. The van der Waals surface area contributed by atoms with Crippen molar-refractivity contribution in [1.29, 1.82) is 0 Å². The van der Waals surface area contributed by atoms with Crippen LogP contribution in [0.15, 0.2) is 15.9 Å². The van der Waals surface area contributed by atoms with Crippen molar-refractivity contribution < 1.29 is 4.79 Å². The van der Waals surface area contributed by atoms with Crippen LogP contribution in [-0.4, -0.2) is 32.0 Å². The van der Waals surface area contributed by atoms with Crippen molar-refractivity contribution in [3.8, 4) is 0 Å². The average Bonchev–Trinajstić information content (AvgIpc) is 3.30. The second kappa shape index (κ2) is 8.80. The number of thiophene rings is 1. The lowest BCUT2D eigenvalue weighted by Crippen LogP contribution is -2.24. The van der Waals surface area contributed by atoms with Gasteiger partial charge in [0.15, 0.2) is 0 Å². The molecule has 0 aliphatic carbocycles. The number of aromatic nitrogens is 4. The Balaban J connectivity index is 1.51. The van der Waals surface area contributed by atoms with Crippen LogP contribution >= 0.6 is 38.9 Å². The number of nitrogens with zero attached hydrogens (tertiary/aromatic N) is 4. The van der Waals surface area contributed by atoms with E-state index in [0.29, 0.717) is 23.0 Å². The molecule has 0 saturated carbocycles. The number of hydrogen-bond donors (Lipinski definition) is 1. The molecule has 1 amide bonds. The molecule has 0 aromatic carbocycles. The first-order valence-corrected chi connectivity index (χ1v) is 11.1. The van der Waals surface area contributed by atoms with Gasteiger partial charge in [-0.2, -0.15) is 10.2 Å². The lowest BCUT2D eigenvalue weighted by atomic mass is 10.3. The molecule has 9 heteroatoms. The molecule has 150 valence electrons. The molecule has 3 aromatic rings. The highest BCUT2D eigenvalue weighted by Gasteiger charge is 2.13. The van der Waals surface area contributed by atoms with E-state index in [2.05, 4.69) is 31.4 Å². The van der Waals surface area contributed by atoms with Gasteiger partial charge in [-0.05, 0) is 67.1 Å². The van der Waals surface area contributed by atoms with Crippen LogP contribution in [0, 0.1) is 27.7 Å². The van der Waals surface area contributed by atoms with Crippen molar-refractivity contribution in [3.63, 3.8) is 0 Å². The van der Waals surface area contributed by atoms with Crippen LogP contribution in [0.5, 0.6) is 0 Å². The molecule has 6 nitrogen and oxygen atoms in total. The van der Waals surface area contributed by atoms with Gasteiger partial charge in [0.05, 0.1) is 38.0 Å². The first-order valence-electron chi connectivity index (χ1n) is 9.02. The van der Waals surface area contributed by atoms with E-state index in [9.17, 15) is 4.79 Å².